The molecule has 5 rings (SSSR count). The lowest BCUT2D eigenvalue weighted by atomic mass is 9.76. The minimum atomic E-state index is -0.513. The van der Waals surface area contributed by atoms with Crippen LogP contribution in [0.2, 0.25) is 0 Å². The predicted octanol–water partition coefficient (Wildman–Crippen LogP) is 3.79. The van der Waals surface area contributed by atoms with E-state index >= 15 is 0 Å². The Morgan fingerprint density at radius 3 is 2.71 bits per heavy atom. The number of fused-ring (bicyclic) bond motifs is 3. The fourth-order valence-electron chi connectivity index (χ4n) is 5.14. The number of likely N-dealkylation sites (tertiary alicyclic amines) is 1. The number of H-pyrrole nitrogens is 1. The minimum Gasteiger partial charge on any atom is -0.444 e. The molecule has 1 aliphatic carbocycles. The standard InChI is InChI=1S/C23H32BN3O4/c1-22(2,3)31-21(28)27-16-8-6-14(10-16)19(27)20-25-17-9-7-15(11-18(17)26-20)24-29-12-23(4,5)13-30-24/h7,9,11,14,16,19H,6,8,10,12-13H2,1-5H3,(H,25,26)/t14-,16?,19-/m0/s1. The van der Waals surface area contributed by atoms with E-state index in [4.69, 9.17) is 19.0 Å². The van der Waals surface area contributed by atoms with Crippen molar-refractivity contribution in [2.45, 2.75) is 71.6 Å². The number of piperidine rings is 1. The highest BCUT2D eigenvalue weighted by Crippen LogP contribution is 2.50. The normalized spacial score (nSPS) is 27.8. The fourth-order valence-corrected chi connectivity index (χ4v) is 5.14. The number of nitrogens with one attached hydrogen (secondary N) is 1. The van der Waals surface area contributed by atoms with Crippen LogP contribution < -0.4 is 5.46 Å². The van der Waals surface area contributed by atoms with E-state index in [0.29, 0.717) is 19.1 Å². The molecule has 3 aliphatic rings. The lowest BCUT2D eigenvalue weighted by Crippen LogP contribution is -2.47. The second-order valence-electron chi connectivity index (χ2n) is 11.1. The summed E-state index contributed by atoms with van der Waals surface area (Å²) >= 11 is 0. The molecule has 2 saturated heterocycles. The molecule has 2 aliphatic heterocycles. The van der Waals surface area contributed by atoms with Gasteiger partial charge in [-0.25, -0.2) is 9.78 Å². The molecule has 3 atom stereocenters. The predicted molar refractivity (Wildman–Crippen MR) is 119 cm³/mol. The third-order valence-electron chi connectivity index (χ3n) is 6.52. The number of hydrogen-bond acceptors (Lipinski definition) is 5. The van der Waals surface area contributed by atoms with Crippen molar-refractivity contribution in [2.75, 3.05) is 13.2 Å². The van der Waals surface area contributed by atoms with Gasteiger partial charge in [0.25, 0.3) is 0 Å². The molecule has 3 heterocycles. The van der Waals surface area contributed by atoms with Crippen LogP contribution in [0.1, 0.15) is 65.7 Å². The Kier molecular flexibility index (Phi) is 4.86. The molecule has 166 valence electrons. The van der Waals surface area contributed by atoms with E-state index in [2.05, 4.69) is 24.9 Å². The number of rotatable bonds is 2. The number of amides is 1. The van der Waals surface area contributed by atoms with E-state index in [0.717, 1.165) is 41.6 Å². The van der Waals surface area contributed by atoms with E-state index in [9.17, 15) is 4.79 Å². The largest absolute Gasteiger partial charge is 0.493 e. The molecule has 1 N–H and O–H groups in total. The number of imidazole rings is 1. The maximum atomic E-state index is 13.0. The summed E-state index contributed by atoms with van der Waals surface area (Å²) in [7, 11) is -0.357. The Morgan fingerprint density at radius 1 is 1.26 bits per heavy atom. The van der Waals surface area contributed by atoms with Gasteiger partial charge in [-0.15, -0.1) is 0 Å². The van der Waals surface area contributed by atoms with Crippen molar-refractivity contribution in [3.63, 3.8) is 0 Å². The van der Waals surface area contributed by atoms with Crippen LogP contribution in [0.4, 0.5) is 4.79 Å². The zero-order valence-electron chi connectivity index (χ0n) is 19.1. The molecule has 0 radical (unpaired) electrons. The van der Waals surface area contributed by atoms with Gasteiger partial charge in [-0.05, 0) is 63.5 Å². The van der Waals surface area contributed by atoms with E-state index in [1.807, 2.05) is 37.8 Å². The third kappa shape index (κ3) is 3.96. The zero-order valence-corrected chi connectivity index (χ0v) is 19.1. The van der Waals surface area contributed by atoms with E-state index in [-0.39, 0.29) is 30.7 Å². The molecular weight excluding hydrogens is 393 g/mol. The van der Waals surface area contributed by atoms with Crippen LogP contribution in [-0.2, 0) is 14.0 Å². The number of carbonyl (C=O) groups excluding carboxylic acids is 1. The highest BCUT2D eigenvalue weighted by atomic mass is 16.6. The van der Waals surface area contributed by atoms with Gasteiger partial charge in [-0.1, -0.05) is 19.9 Å². The van der Waals surface area contributed by atoms with Gasteiger partial charge in [0.05, 0.1) is 17.1 Å². The van der Waals surface area contributed by atoms with Crippen LogP contribution in [0.5, 0.6) is 0 Å². The monoisotopic (exact) mass is 425 g/mol. The van der Waals surface area contributed by atoms with Gasteiger partial charge in [0.1, 0.15) is 11.4 Å². The summed E-state index contributed by atoms with van der Waals surface area (Å²) in [6.45, 7) is 11.3. The first-order chi connectivity index (χ1) is 14.6. The summed E-state index contributed by atoms with van der Waals surface area (Å²) in [6.07, 6.45) is 2.94. The highest BCUT2D eigenvalue weighted by molar-refractivity contribution is 6.61. The molecule has 0 spiro atoms. The summed E-state index contributed by atoms with van der Waals surface area (Å²) < 4.78 is 17.6. The molecule has 1 amide bonds. The Balaban J connectivity index is 1.41. The second kappa shape index (κ2) is 7.24. The maximum Gasteiger partial charge on any atom is 0.493 e. The molecule has 7 nitrogen and oxygen atoms in total. The van der Waals surface area contributed by atoms with Crippen molar-refractivity contribution in [2.24, 2.45) is 11.3 Å². The van der Waals surface area contributed by atoms with Gasteiger partial charge in [-0.3, -0.25) is 4.90 Å². The number of aromatic nitrogens is 2. The Hall–Kier alpha value is -2.06. The van der Waals surface area contributed by atoms with Crippen molar-refractivity contribution in [3.05, 3.63) is 24.0 Å². The van der Waals surface area contributed by atoms with Crippen molar-refractivity contribution in [3.8, 4) is 0 Å². The molecule has 1 aromatic heterocycles. The molecule has 1 unspecified atom stereocenters. The highest BCUT2D eigenvalue weighted by Gasteiger charge is 2.51. The van der Waals surface area contributed by atoms with Gasteiger partial charge in [0, 0.05) is 24.7 Å². The van der Waals surface area contributed by atoms with Gasteiger partial charge in [0.2, 0.25) is 0 Å². The number of aromatic amines is 1. The third-order valence-corrected chi connectivity index (χ3v) is 6.52. The summed E-state index contributed by atoms with van der Waals surface area (Å²) in [6, 6.07) is 6.25. The molecular formula is C23H32BN3O4. The number of ether oxygens (including phenoxy) is 1. The first-order valence-corrected chi connectivity index (χ1v) is 11.3. The number of benzene rings is 1. The fraction of sp³-hybridized carbons (Fsp3) is 0.652. The second-order valence-corrected chi connectivity index (χ2v) is 11.1. The molecule has 1 aromatic carbocycles. The van der Waals surface area contributed by atoms with Crippen LogP contribution in [0, 0.1) is 11.3 Å². The Morgan fingerprint density at radius 2 is 2.00 bits per heavy atom. The topological polar surface area (TPSA) is 76.7 Å². The SMILES string of the molecule is CC1(C)COB(c2ccc3nc([C@@H]4[C@H]5CCC(C5)N4C(=O)OC(C)(C)C)[nH]c3c2)OC1. The Bertz CT molecular complexity index is 988. The van der Waals surface area contributed by atoms with Crippen LogP contribution in [0.25, 0.3) is 11.0 Å². The summed E-state index contributed by atoms with van der Waals surface area (Å²) in [5.41, 5.74) is 2.34. The van der Waals surface area contributed by atoms with Gasteiger partial charge in [-0.2, -0.15) is 0 Å². The molecule has 2 bridgehead atoms. The molecule has 31 heavy (non-hydrogen) atoms. The average molecular weight is 425 g/mol. The van der Waals surface area contributed by atoms with Crippen molar-refractivity contribution >= 4 is 29.7 Å². The van der Waals surface area contributed by atoms with E-state index in [1.54, 1.807) is 0 Å². The van der Waals surface area contributed by atoms with E-state index < -0.39 is 5.60 Å². The lowest BCUT2D eigenvalue weighted by molar-refractivity contribution is 0.00623. The van der Waals surface area contributed by atoms with Crippen molar-refractivity contribution < 1.29 is 18.8 Å². The molecule has 3 fully saturated rings. The summed E-state index contributed by atoms with van der Waals surface area (Å²) in [5.74, 6) is 1.27. The lowest BCUT2D eigenvalue weighted by Gasteiger charge is -2.35. The number of hydrogen-bond donors (Lipinski definition) is 1. The van der Waals surface area contributed by atoms with Crippen LogP contribution in [0.15, 0.2) is 18.2 Å². The van der Waals surface area contributed by atoms with Gasteiger partial charge >= 0.3 is 13.2 Å². The van der Waals surface area contributed by atoms with Crippen LogP contribution >= 0.6 is 0 Å². The van der Waals surface area contributed by atoms with Gasteiger partial charge in [0.15, 0.2) is 0 Å². The maximum absolute atomic E-state index is 13.0. The number of nitrogens with zero attached hydrogens (tertiary/aromatic N) is 2. The van der Waals surface area contributed by atoms with Crippen molar-refractivity contribution in [1.82, 2.24) is 14.9 Å². The molecule has 8 heteroatoms. The first kappa shape index (κ1) is 20.8. The molecule has 1 saturated carbocycles. The van der Waals surface area contributed by atoms with Crippen LogP contribution in [0.3, 0.4) is 0 Å². The molecule has 2 aromatic rings. The van der Waals surface area contributed by atoms with Crippen LogP contribution in [-0.4, -0.2) is 52.9 Å². The van der Waals surface area contributed by atoms with E-state index in [1.165, 1.54) is 0 Å². The smallest absolute Gasteiger partial charge is 0.444 e. The zero-order chi connectivity index (χ0) is 22.0. The quantitative estimate of drug-likeness (QED) is 0.741. The summed E-state index contributed by atoms with van der Waals surface area (Å²) in [4.78, 5) is 23.3. The first-order valence-electron chi connectivity index (χ1n) is 11.3. The van der Waals surface area contributed by atoms with Crippen molar-refractivity contribution in [1.29, 1.82) is 0 Å². The average Bonchev–Trinajstić information content (AvgIpc) is 3.39. The number of carbonyl (C=O) groups is 1. The summed E-state index contributed by atoms with van der Waals surface area (Å²) in [5, 5.41) is 0. The Labute approximate surface area is 184 Å². The van der Waals surface area contributed by atoms with Gasteiger partial charge < -0.3 is 19.0 Å². The minimum absolute atomic E-state index is 0.0364.